The molecule has 0 aromatic carbocycles. The Balaban J connectivity index is 2.28. The zero-order valence-electron chi connectivity index (χ0n) is 10.1. The fourth-order valence-electron chi connectivity index (χ4n) is 1.14. The first-order valence-electron chi connectivity index (χ1n) is 5.46. The van der Waals surface area contributed by atoms with Gasteiger partial charge >= 0.3 is 0 Å². The molecule has 3 N–H and O–H groups in total. The van der Waals surface area contributed by atoms with E-state index >= 15 is 0 Å². The molecule has 0 radical (unpaired) electrons. The predicted molar refractivity (Wildman–Crippen MR) is 62.8 cm³/mol. The highest BCUT2D eigenvalue weighted by atomic mass is 16.2. The van der Waals surface area contributed by atoms with Crippen LogP contribution in [0.4, 0.5) is 0 Å². The smallest absolute Gasteiger partial charge is 0.224 e. The third-order valence-corrected chi connectivity index (χ3v) is 2.52. The molecule has 6 nitrogen and oxygen atoms in total. The van der Waals surface area contributed by atoms with E-state index in [-0.39, 0.29) is 12.5 Å². The third-order valence-electron chi connectivity index (χ3n) is 2.52. The number of nitrogens with zero attached hydrogens (tertiary/aromatic N) is 2. The Bertz CT molecular complexity index is 384. The molecule has 0 saturated heterocycles. The van der Waals surface area contributed by atoms with Gasteiger partial charge in [0.05, 0.1) is 5.41 Å². The molecule has 0 aliphatic rings. The van der Waals surface area contributed by atoms with Gasteiger partial charge in [-0.05, 0) is 19.9 Å². The average Bonchev–Trinajstić information content (AvgIpc) is 2.76. The summed E-state index contributed by atoms with van der Waals surface area (Å²) in [6.45, 7) is 4.17. The molecule has 0 saturated carbocycles. The van der Waals surface area contributed by atoms with Crippen LogP contribution in [0.25, 0.3) is 0 Å². The lowest BCUT2D eigenvalue weighted by Gasteiger charge is -2.20. The standard InChI is InChI=1S/C11H18N4O2/c1-11(2,10(12)17)8-13-9(16)4-7-15-6-3-5-14-15/h3,5-6H,4,7-8H2,1-2H3,(H2,12,17)(H,13,16). The molecule has 1 rings (SSSR count). The highest BCUT2D eigenvalue weighted by Gasteiger charge is 2.25. The monoisotopic (exact) mass is 238 g/mol. The molecule has 0 spiro atoms. The molecule has 17 heavy (non-hydrogen) atoms. The molecular weight excluding hydrogens is 220 g/mol. The van der Waals surface area contributed by atoms with Crippen LogP contribution in [0.2, 0.25) is 0 Å². The highest BCUT2D eigenvalue weighted by molar-refractivity contribution is 5.82. The topological polar surface area (TPSA) is 90.0 Å². The average molecular weight is 238 g/mol. The molecule has 1 aromatic rings. The van der Waals surface area contributed by atoms with E-state index in [9.17, 15) is 9.59 Å². The molecule has 0 unspecified atom stereocenters. The first kappa shape index (κ1) is 13.2. The quantitative estimate of drug-likeness (QED) is 0.725. The Morgan fingerprint density at radius 2 is 2.18 bits per heavy atom. The number of hydrogen-bond acceptors (Lipinski definition) is 3. The number of primary amides is 1. The van der Waals surface area contributed by atoms with Gasteiger partial charge in [-0.25, -0.2) is 0 Å². The van der Waals surface area contributed by atoms with Crippen molar-refractivity contribution in [3.8, 4) is 0 Å². The second kappa shape index (κ2) is 5.47. The van der Waals surface area contributed by atoms with E-state index in [1.807, 2.05) is 0 Å². The normalized spacial score (nSPS) is 11.2. The number of amides is 2. The molecule has 1 heterocycles. The van der Waals surface area contributed by atoms with Gasteiger partial charge in [0.1, 0.15) is 0 Å². The number of carbonyl (C=O) groups excluding carboxylic acids is 2. The molecule has 0 atom stereocenters. The third kappa shape index (κ3) is 4.26. The molecule has 0 aliphatic carbocycles. The van der Waals surface area contributed by atoms with Gasteiger partial charge in [0, 0.05) is 31.9 Å². The minimum absolute atomic E-state index is 0.116. The van der Waals surface area contributed by atoms with Crippen molar-refractivity contribution in [2.75, 3.05) is 6.54 Å². The van der Waals surface area contributed by atoms with E-state index in [2.05, 4.69) is 10.4 Å². The van der Waals surface area contributed by atoms with Crippen LogP contribution in [0.3, 0.4) is 0 Å². The summed E-state index contributed by atoms with van der Waals surface area (Å²) in [7, 11) is 0. The fourth-order valence-corrected chi connectivity index (χ4v) is 1.14. The number of nitrogens with two attached hydrogens (primary N) is 1. The molecule has 0 aliphatic heterocycles. The summed E-state index contributed by atoms with van der Waals surface area (Å²) in [6, 6.07) is 1.80. The van der Waals surface area contributed by atoms with Crippen LogP contribution in [0.15, 0.2) is 18.5 Å². The molecular formula is C11H18N4O2. The van der Waals surface area contributed by atoms with Crippen molar-refractivity contribution >= 4 is 11.8 Å². The van der Waals surface area contributed by atoms with Crippen molar-refractivity contribution in [3.05, 3.63) is 18.5 Å². The first-order chi connectivity index (χ1) is 7.92. The summed E-state index contributed by atoms with van der Waals surface area (Å²) in [5.41, 5.74) is 4.48. The number of rotatable bonds is 6. The van der Waals surface area contributed by atoms with Crippen LogP contribution in [-0.2, 0) is 16.1 Å². The van der Waals surface area contributed by atoms with Crippen LogP contribution in [0.5, 0.6) is 0 Å². The Morgan fingerprint density at radius 1 is 1.47 bits per heavy atom. The predicted octanol–water partition coefficient (Wildman–Crippen LogP) is -0.0991. The molecule has 1 aromatic heterocycles. The zero-order chi connectivity index (χ0) is 12.9. The molecule has 2 amide bonds. The number of aryl methyl sites for hydroxylation is 1. The van der Waals surface area contributed by atoms with E-state index in [0.29, 0.717) is 13.0 Å². The zero-order valence-corrected chi connectivity index (χ0v) is 10.1. The summed E-state index contributed by atoms with van der Waals surface area (Å²) < 4.78 is 1.68. The largest absolute Gasteiger partial charge is 0.369 e. The first-order valence-corrected chi connectivity index (χ1v) is 5.46. The van der Waals surface area contributed by atoms with Gasteiger partial charge in [-0.15, -0.1) is 0 Å². The van der Waals surface area contributed by atoms with Crippen molar-refractivity contribution in [3.63, 3.8) is 0 Å². The number of carbonyl (C=O) groups is 2. The Morgan fingerprint density at radius 3 is 2.71 bits per heavy atom. The van der Waals surface area contributed by atoms with Gasteiger partial charge in [-0.3, -0.25) is 14.3 Å². The van der Waals surface area contributed by atoms with Gasteiger partial charge in [0.15, 0.2) is 0 Å². The van der Waals surface area contributed by atoms with Crippen LogP contribution in [0.1, 0.15) is 20.3 Å². The molecule has 94 valence electrons. The van der Waals surface area contributed by atoms with Crippen molar-refractivity contribution in [1.82, 2.24) is 15.1 Å². The number of hydrogen-bond donors (Lipinski definition) is 2. The SMILES string of the molecule is CC(C)(CNC(=O)CCn1cccn1)C(N)=O. The summed E-state index contributed by atoms with van der Waals surface area (Å²) in [5, 5.41) is 6.67. The maximum atomic E-state index is 11.5. The summed E-state index contributed by atoms with van der Waals surface area (Å²) in [4.78, 5) is 22.5. The maximum Gasteiger partial charge on any atom is 0.224 e. The molecule has 6 heteroatoms. The maximum absolute atomic E-state index is 11.5. The Labute approximate surface area is 100 Å². The van der Waals surface area contributed by atoms with Gasteiger partial charge in [-0.1, -0.05) is 0 Å². The second-order valence-corrected chi connectivity index (χ2v) is 4.54. The summed E-state index contributed by atoms with van der Waals surface area (Å²) in [6.07, 6.45) is 3.78. The van der Waals surface area contributed by atoms with Crippen molar-refractivity contribution in [2.24, 2.45) is 11.1 Å². The lowest BCUT2D eigenvalue weighted by Crippen LogP contribution is -2.42. The van der Waals surface area contributed by atoms with Crippen LogP contribution in [0, 0.1) is 5.41 Å². The van der Waals surface area contributed by atoms with E-state index in [4.69, 9.17) is 5.73 Å². The Kier molecular flexibility index (Phi) is 4.25. The van der Waals surface area contributed by atoms with Crippen molar-refractivity contribution in [2.45, 2.75) is 26.8 Å². The fraction of sp³-hybridized carbons (Fsp3) is 0.545. The molecule has 0 fully saturated rings. The van der Waals surface area contributed by atoms with Crippen LogP contribution in [-0.4, -0.2) is 28.1 Å². The van der Waals surface area contributed by atoms with Crippen molar-refractivity contribution < 1.29 is 9.59 Å². The lowest BCUT2D eigenvalue weighted by molar-refractivity contribution is -0.127. The number of aromatic nitrogens is 2. The lowest BCUT2D eigenvalue weighted by atomic mass is 9.93. The van der Waals surface area contributed by atoms with Crippen LogP contribution < -0.4 is 11.1 Å². The van der Waals surface area contributed by atoms with Gasteiger partial charge in [0.25, 0.3) is 0 Å². The Hall–Kier alpha value is -1.85. The minimum Gasteiger partial charge on any atom is -0.369 e. The van der Waals surface area contributed by atoms with Crippen molar-refractivity contribution in [1.29, 1.82) is 0 Å². The van der Waals surface area contributed by atoms with Crippen LogP contribution >= 0.6 is 0 Å². The summed E-state index contributed by atoms with van der Waals surface area (Å²) >= 11 is 0. The minimum atomic E-state index is -0.721. The van der Waals surface area contributed by atoms with E-state index < -0.39 is 11.3 Å². The van der Waals surface area contributed by atoms with E-state index in [1.54, 1.807) is 37.0 Å². The van der Waals surface area contributed by atoms with E-state index in [1.165, 1.54) is 0 Å². The van der Waals surface area contributed by atoms with Gasteiger partial charge in [0.2, 0.25) is 11.8 Å². The number of nitrogens with one attached hydrogen (secondary N) is 1. The summed E-state index contributed by atoms with van der Waals surface area (Å²) in [5.74, 6) is -0.542. The highest BCUT2D eigenvalue weighted by Crippen LogP contribution is 2.11. The molecule has 0 bridgehead atoms. The van der Waals surface area contributed by atoms with E-state index in [0.717, 1.165) is 0 Å². The second-order valence-electron chi connectivity index (χ2n) is 4.54. The van der Waals surface area contributed by atoms with Gasteiger partial charge in [-0.2, -0.15) is 5.10 Å². The van der Waals surface area contributed by atoms with Gasteiger partial charge < -0.3 is 11.1 Å².